The fraction of sp³-hybridized carbons (Fsp3) is 0.182. The topological polar surface area (TPSA) is 21.8 Å². The predicted molar refractivity (Wildman–Crippen MR) is 96.0 cm³/mol. The summed E-state index contributed by atoms with van der Waals surface area (Å²) in [4.78, 5) is 0. The maximum atomic E-state index is 5.77. The number of hydrogen-bond acceptors (Lipinski definition) is 2. The summed E-state index contributed by atoms with van der Waals surface area (Å²) < 4.78 is 11.5. The highest BCUT2D eigenvalue weighted by molar-refractivity contribution is 5.94. The second-order valence-corrected chi connectivity index (χ2v) is 6.39. The third-order valence-electron chi connectivity index (χ3n) is 4.81. The second-order valence-electron chi connectivity index (χ2n) is 6.39. The molecule has 0 N–H and O–H groups in total. The molecule has 0 saturated carbocycles. The second kappa shape index (κ2) is 5.13. The molecule has 0 fully saturated rings. The van der Waals surface area contributed by atoms with Gasteiger partial charge in [0.1, 0.15) is 0 Å². The molecule has 0 radical (unpaired) electrons. The van der Waals surface area contributed by atoms with Gasteiger partial charge in [-0.25, -0.2) is 0 Å². The zero-order valence-corrected chi connectivity index (χ0v) is 13.6. The highest BCUT2D eigenvalue weighted by Gasteiger charge is 2.32. The Bertz CT molecular complexity index is 956. The van der Waals surface area contributed by atoms with E-state index in [2.05, 4.69) is 55.5 Å². The summed E-state index contributed by atoms with van der Waals surface area (Å²) in [5, 5.41) is 0. The molecular formula is C22H18O2. The van der Waals surface area contributed by atoms with Gasteiger partial charge >= 0.3 is 0 Å². The van der Waals surface area contributed by atoms with Crippen LogP contribution in [0.25, 0.3) is 22.3 Å². The lowest BCUT2D eigenvalue weighted by Crippen LogP contribution is -1.93. The van der Waals surface area contributed by atoms with E-state index in [1.54, 1.807) is 0 Å². The molecule has 0 amide bonds. The van der Waals surface area contributed by atoms with E-state index in [4.69, 9.17) is 9.47 Å². The Balaban J connectivity index is 1.63. The molecule has 1 aliphatic carbocycles. The first-order valence-corrected chi connectivity index (χ1v) is 8.55. The molecule has 0 bridgehead atoms. The molecule has 3 aromatic carbocycles. The summed E-state index contributed by atoms with van der Waals surface area (Å²) in [6.07, 6.45) is 2.01. The minimum absolute atomic E-state index is 0.725. The molecule has 2 heteroatoms. The van der Waals surface area contributed by atoms with Gasteiger partial charge in [-0.3, -0.25) is 0 Å². The van der Waals surface area contributed by atoms with Crippen LogP contribution in [0.1, 0.15) is 24.5 Å². The van der Waals surface area contributed by atoms with Gasteiger partial charge < -0.3 is 9.47 Å². The molecule has 2 nitrogen and oxygen atoms in total. The fourth-order valence-corrected chi connectivity index (χ4v) is 3.68. The van der Waals surface area contributed by atoms with Crippen LogP contribution in [-0.2, 0) is 6.42 Å². The Morgan fingerprint density at radius 3 is 2.58 bits per heavy atom. The summed E-state index contributed by atoms with van der Waals surface area (Å²) >= 11 is 0. The lowest BCUT2D eigenvalue weighted by atomic mass is 9.94. The number of benzene rings is 3. The number of rotatable bonds is 4. The van der Waals surface area contributed by atoms with Crippen molar-refractivity contribution in [1.29, 1.82) is 0 Å². The molecule has 118 valence electrons. The average molecular weight is 314 g/mol. The van der Waals surface area contributed by atoms with Crippen LogP contribution in [0, 0.1) is 0 Å². The van der Waals surface area contributed by atoms with Gasteiger partial charge in [0.25, 0.3) is 0 Å². The van der Waals surface area contributed by atoms with Gasteiger partial charge in [-0.05, 0) is 52.8 Å². The Labute approximate surface area is 141 Å². The van der Waals surface area contributed by atoms with Crippen LogP contribution in [0.3, 0.4) is 0 Å². The summed E-state index contributed by atoms with van der Waals surface area (Å²) in [7, 11) is 0. The zero-order chi connectivity index (χ0) is 16.1. The Morgan fingerprint density at radius 1 is 0.833 bits per heavy atom. The number of hydrogen-bond donors (Lipinski definition) is 0. The first kappa shape index (κ1) is 13.7. The molecule has 1 heterocycles. The first-order chi connectivity index (χ1) is 11.9. The van der Waals surface area contributed by atoms with Crippen molar-refractivity contribution in [2.75, 3.05) is 6.61 Å². The fourth-order valence-electron chi connectivity index (χ4n) is 3.68. The van der Waals surface area contributed by atoms with Gasteiger partial charge in [0.05, 0.1) is 6.61 Å². The van der Waals surface area contributed by atoms with Crippen molar-refractivity contribution in [1.82, 2.24) is 0 Å². The molecule has 0 atom stereocenters. The standard InChI is InChI=1S/C22H18O2/c1-2-12-23-19-11-10-18(21-22(19)24-21)17-9-5-7-15-13-14-6-3-4-8-16(14)20(15)17/h3-11H,2,12-13H2,1H3. The third-order valence-corrected chi connectivity index (χ3v) is 4.81. The van der Waals surface area contributed by atoms with E-state index in [9.17, 15) is 0 Å². The Hall–Kier alpha value is -2.74. The molecule has 0 aromatic heterocycles. The van der Waals surface area contributed by atoms with E-state index in [1.165, 1.54) is 33.4 Å². The van der Waals surface area contributed by atoms with Crippen LogP contribution in [-0.4, -0.2) is 6.61 Å². The highest BCUT2D eigenvalue weighted by Crippen LogP contribution is 2.59. The van der Waals surface area contributed by atoms with E-state index in [0.717, 1.165) is 36.7 Å². The molecule has 0 spiro atoms. The quantitative estimate of drug-likeness (QED) is 0.390. The summed E-state index contributed by atoms with van der Waals surface area (Å²) in [5.41, 5.74) is 7.94. The van der Waals surface area contributed by atoms with Crippen LogP contribution in [0.2, 0.25) is 0 Å². The summed E-state index contributed by atoms with van der Waals surface area (Å²) in [5.74, 6) is 2.75. The SMILES string of the molecule is CCCOc1ccc(-c2cccc3c2-c2ccccc2C3)c2c1O2. The van der Waals surface area contributed by atoms with Crippen molar-refractivity contribution in [3.05, 3.63) is 65.7 Å². The Kier molecular flexibility index (Phi) is 2.93. The highest BCUT2D eigenvalue weighted by atomic mass is 16.6. The summed E-state index contributed by atoms with van der Waals surface area (Å²) in [6, 6.07) is 19.4. The monoisotopic (exact) mass is 314 g/mol. The molecular weight excluding hydrogens is 296 g/mol. The Morgan fingerprint density at radius 2 is 1.67 bits per heavy atom. The molecule has 0 saturated heterocycles. The molecule has 0 unspecified atom stereocenters. The van der Waals surface area contributed by atoms with Crippen molar-refractivity contribution in [3.8, 4) is 39.5 Å². The van der Waals surface area contributed by atoms with E-state index >= 15 is 0 Å². The van der Waals surface area contributed by atoms with Crippen LogP contribution < -0.4 is 9.47 Å². The smallest absolute Gasteiger partial charge is 0.212 e. The predicted octanol–water partition coefficient (Wildman–Crippen LogP) is 5.82. The zero-order valence-electron chi connectivity index (χ0n) is 13.6. The minimum atomic E-state index is 0.725. The summed E-state index contributed by atoms with van der Waals surface area (Å²) in [6.45, 7) is 2.83. The van der Waals surface area contributed by atoms with Gasteiger partial charge in [0.15, 0.2) is 11.5 Å². The van der Waals surface area contributed by atoms with Crippen molar-refractivity contribution >= 4 is 0 Å². The van der Waals surface area contributed by atoms with E-state index in [1.807, 2.05) is 6.07 Å². The van der Waals surface area contributed by atoms with Crippen LogP contribution in [0.15, 0.2) is 54.6 Å². The third kappa shape index (κ3) is 1.96. The van der Waals surface area contributed by atoms with Crippen molar-refractivity contribution in [3.63, 3.8) is 0 Å². The minimum Gasteiger partial charge on any atom is -0.490 e. The van der Waals surface area contributed by atoms with Crippen LogP contribution >= 0.6 is 0 Å². The number of fused-ring (bicyclic) bond motifs is 4. The first-order valence-electron chi connectivity index (χ1n) is 8.55. The molecule has 24 heavy (non-hydrogen) atoms. The molecule has 1 aliphatic heterocycles. The van der Waals surface area contributed by atoms with Crippen molar-refractivity contribution in [2.24, 2.45) is 0 Å². The van der Waals surface area contributed by atoms with Gasteiger partial charge in [0.2, 0.25) is 5.75 Å². The van der Waals surface area contributed by atoms with Crippen LogP contribution in [0.4, 0.5) is 0 Å². The largest absolute Gasteiger partial charge is 0.490 e. The lowest BCUT2D eigenvalue weighted by Gasteiger charge is -2.09. The average Bonchev–Trinajstić information content (AvgIpc) is 3.33. The maximum absolute atomic E-state index is 5.77. The normalized spacial score (nSPS) is 12.9. The maximum Gasteiger partial charge on any atom is 0.212 e. The van der Waals surface area contributed by atoms with E-state index < -0.39 is 0 Å². The van der Waals surface area contributed by atoms with Gasteiger partial charge in [0, 0.05) is 5.56 Å². The van der Waals surface area contributed by atoms with Crippen molar-refractivity contribution in [2.45, 2.75) is 19.8 Å². The molecule has 2 aliphatic rings. The van der Waals surface area contributed by atoms with Gasteiger partial charge in [-0.1, -0.05) is 49.4 Å². The van der Waals surface area contributed by atoms with E-state index in [0.29, 0.717) is 0 Å². The van der Waals surface area contributed by atoms with Crippen molar-refractivity contribution < 1.29 is 9.47 Å². The van der Waals surface area contributed by atoms with Gasteiger partial charge in [-0.15, -0.1) is 0 Å². The molecule has 3 aromatic rings. The van der Waals surface area contributed by atoms with Crippen LogP contribution in [0.5, 0.6) is 17.2 Å². The number of ether oxygens (including phenoxy) is 2. The lowest BCUT2D eigenvalue weighted by molar-refractivity contribution is 0.314. The van der Waals surface area contributed by atoms with E-state index in [-0.39, 0.29) is 0 Å². The molecule has 5 rings (SSSR count). The van der Waals surface area contributed by atoms with Gasteiger partial charge in [-0.2, -0.15) is 0 Å².